The molecule has 1 amide bonds. The number of anilines is 1. The maximum Gasteiger partial charge on any atom is 0.226 e. The Hall–Kier alpha value is -2.89. The summed E-state index contributed by atoms with van der Waals surface area (Å²) in [5.74, 6) is -0.344. The first-order chi connectivity index (χ1) is 14.1. The van der Waals surface area contributed by atoms with E-state index < -0.39 is 0 Å². The van der Waals surface area contributed by atoms with Gasteiger partial charge in [-0.2, -0.15) is 0 Å². The monoisotopic (exact) mass is 395 g/mol. The van der Waals surface area contributed by atoms with Crippen molar-refractivity contribution < 1.29 is 13.6 Å². The van der Waals surface area contributed by atoms with Crippen molar-refractivity contribution in [2.24, 2.45) is 5.92 Å². The summed E-state index contributed by atoms with van der Waals surface area (Å²) in [5.41, 5.74) is 4.16. The Balaban J connectivity index is 1.27. The third kappa shape index (κ3) is 3.37. The van der Waals surface area contributed by atoms with Gasteiger partial charge in [0.2, 0.25) is 5.91 Å². The van der Waals surface area contributed by atoms with Gasteiger partial charge in [0.15, 0.2) is 0 Å². The van der Waals surface area contributed by atoms with Gasteiger partial charge >= 0.3 is 0 Å². The molecule has 5 rings (SSSR count). The quantitative estimate of drug-likeness (QED) is 0.715. The number of H-pyrrole nitrogens is 1. The standard InChI is InChI=1S/C23H23F2N3O/c24-16-2-5-18(6-3-16)27-9-11-28(12-10-27)23(29)15-1-7-21-19(13-15)20-14-17(25)4-8-22(20)26-21/h2-6,8,14-15,26H,1,7,9-13H2. The maximum atomic E-state index is 13.7. The predicted octanol–water partition coefficient (Wildman–Crippen LogP) is 3.90. The summed E-state index contributed by atoms with van der Waals surface area (Å²) < 4.78 is 26.8. The number of piperazine rings is 1. The van der Waals surface area contributed by atoms with Crippen LogP contribution in [0.4, 0.5) is 14.5 Å². The molecule has 0 bridgehead atoms. The van der Waals surface area contributed by atoms with E-state index in [1.165, 1.54) is 18.2 Å². The van der Waals surface area contributed by atoms with E-state index in [4.69, 9.17) is 0 Å². The van der Waals surface area contributed by atoms with Gasteiger partial charge in [0, 0.05) is 54.4 Å². The summed E-state index contributed by atoms with van der Waals surface area (Å²) in [5, 5.41) is 0.902. The molecule has 1 atom stereocenters. The molecule has 2 aliphatic rings. The topological polar surface area (TPSA) is 39.3 Å². The number of halogens is 2. The highest BCUT2D eigenvalue weighted by Crippen LogP contribution is 2.33. The van der Waals surface area contributed by atoms with Crippen LogP contribution in [0.3, 0.4) is 0 Å². The van der Waals surface area contributed by atoms with Gasteiger partial charge < -0.3 is 14.8 Å². The number of aromatic nitrogens is 1. The van der Waals surface area contributed by atoms with E-state index in [1.54, 1.807) is 24.3 Å². The van der Waals surface area contributed by atoms with Crippen LogP contribution in [0.25, 0.3) is 10.9 Å². The molecule has 1 aliphatic heterocycles. The summed E-state index contributed by atoms with van der Waals surface area (Å²) >= 11 is 0. The highest BCUT2D eigenvalue weighted by Gasteiger charge is 2.32. The maximum absolute atomic E-state index is 13.7. The number of benzene rings is 2. The lowest BCUT2D eigenvalue weighted by Crippen LogP contribution is -2.51. The summed E-state index contributed by atoms with van der Waals surface area (Å²) in [4.78, 5) is 20.7. The fourth-order valence-corrected chi connectivity index (χ4v) is 4.70. The van der Waals surface area contributed by atoms with Crippen molar-refractivity contribution in [1.82, 2.24) is 9.88 Å². The lowest BCUT2D eigenvalue weighted by atomic mass is 9.85. The van der Waals surface area contributed by atoms with Crippen LogP contribution in [0.1, 0.15) is 17.7 Å². The number of hydrogen-bond donors (Lipinski definition) is 1. The molecule has 0 spiro atoms. The van der Waals surface area contributed by atoms with Gasteiger partial charge in [-0.1, -0.05) is 0 Å². The van der Waals surface area contributed by atoms with Crippen molar-refractivity contribution in [3.05, 3.63) is 65.4 Å². The highest BCUT2D eigenvalue weighted by molar-refractivity contribution is 5.87. The first-order valence-electron chi connectivity index (χ1n) is 10.2. The lowest BCUT2D eigenvalue weighted by Gasteiger charge is -2.38. The lowest BCUT2D eigenvalue weighted by molar-refractivity contribution is -0.136. The third-order valence-corrected chi connectivity index (χ3v) is 6.28. The van der Waals surface area contributed by atoms with E-state index in [9.17, 15) is 13.6 Å². The largest absolute Gasteiger partial charge is 0.368 e. The molecular formula is C23H23F2N3O. The summed E-state index contributed by atoms with van der Waals surface area (Å²) in [6.07, 6.45) is 2.30. The fourth-order valence-electron chi connectivity index (χ4n) is 4.70. The SMILES string of the molecule is O=C(C1CCc2[nH]c3ccc(F)cc3c2C1)N1CCN(c2ccc(F)cc2)CC1. The van der Waals surface area contributed by atoms with Crippen molar-refractivity contribution in [1.29, 1.82) is 0 Å². The number of aryl methyl sites for hydroxylation is 1. The molecule has 6 heteroatoms. The van der Waals surface area contributed by atoms with Gasteiger partial charge in [-0.05, 0) is 67.3 Å². The molecule has 4 nitrogen and oxygen atoms in total. The van der Waals surface area contributed by atoms with Crippen LogP contribution >= 0.6 is 0 Å². The first-order valence-corrected chi connectivity index (χ1v) is 10.2. The molecule has 0 saturated carbocycles. The zero-order valence-corrected chi connectivity index (χ0v) is 16.1. The van der Waals surface area contributed by atoms with Gasteiger partial charge in [-0.15, -0.1) is 0 Å². The van der Waals surface area contributed by atoms with E-state index in [2.05, 4.69) is 9.88 Å². The van der Waals surface area contributed by atoms with Crippen LogP contribution in [-0.2, 0) is 17.6 Å². The summed E-state index contributed by atoms with van der Waals surface area (Å²) in [6, 6.07) is 11.3. The van der Waals surface area contributed by atoms with Gasteiger partial charge in [0.1, 0.15) is 11.6 Å². The van der Waals surface area contributed by atoms with Crippen molar-refractivity contribution in [3.63, 3.8) is 0 Å². The number of rotatable bonds is 2. The smallest absolute Gasteiger partial charge is 0.226 e. The van der Waals surface area contributed by atoms with Crippen LogP contribution in [0.5, 0.6) is 0 Å². The van der Waals surface area contributed by atoms with Gasteiger partial charge in [-0.3, -0.25) is 4.79 Å². The molecule has 1 aliphatic carbocycles. The second-order valence-electron chi connectivity index (χ2n) is 8.00. The normalized spacial score (nSPS) is 19.4. The molecule has 1 N–H and O–H groups in total. The zero-order chi connectivity index (χ0) is 20.0. The van der Waals surface area contributed by atoms with Crippen LogP contribution in [0, 0.1) is 17.6 Å². The Morgan fingerprint density at radius 1 is 0.966 bits per heavy atom. The van der Waals surface area contributed by atoms with E-state index in [-0.39, 0.29) is 23.5 Å². The summed E-state index contributed by atoms with van der Waals surface area (Å²) in [7, 11) is 0. The minimum Gasteiger partial charge on any atom is -0.368 e. The predicted molar refractivity (Wildman–Crippen MR) is 109 cm³/mol. The number of carbonyl (C=O) groups excluding carboxylic acids is 1. The average molecular weight is 395 g/mol. The molecule has 150 valence electrons. The number of carbonyl (C=O) groups is 1. The number of hydrogen-bond acceptors (Lipinski definition) is 2. The fraction of sp³-hybridized carbons (Fsp3) is 0.348. The van der Waals surface area contributed by atoms with E-state index in [0.29, 0.717) is 19.5 Å². The van der Waals surface area contributed by atoms with Gasteiger partial charge in [0.05, 0.1) is 0 Å². The molecule has 1 unspecified atom stereocenters. The number of amides is 1. The molecule has 29 heavy (non-hydrogen) atoms. The molecule has 2 aromatic carbocycles. The Bertz CT molecular complexity index is 1050. The minimum absolute atomic E-state index is 0.0536. The Kier molecular flexibility index (Phi) is 4.49. The number of nitrogens with zero attached hydrogens (tertiary/aromatic N) is 2. The van der Waals surface area contributed by atoms with Crippen molar-refractivity contribution in [3.8, 4) is 0 Å². The third-order valence-electron chi connectivity index (χ3n) is 6.28. The molecule has 1 aromatic heterocycles. The second-order valence-corrected chi connectivity index (χ2v) is 8.00. The molecule has 2 heterocycles. The Morgan fingerprint density at radius 2 is 1.69 bits per heavy atom. The van der Waals surface area contributed by atoms with Crippen LogP contribution < -0.4 is 4.90 Å². The molecule has 1 saturated heterocycles. The number of aromatic amines is 1. The number of nitrogens with one attached hydrogen (secondary N) is 1. The van der Waals surface area contributed by atoms with Crippen LogP contribution in [-0.4, -0.2) is 42.0 Å². The molecule has 3 aromatic rings. The first kappa shape index (κ1) is 18.2. The van der Waals surface area contributed by atoms with Crippen LogP contribution in [0.2, 0.25) is 0 Å². The van der Waals surface area contributed by atoms with Gasteiger partial charge in [-0.25, -0.2) is 8.78 Å². The van der Waals surface area contributed by atoms with Crippen LogP contribution in [0.15, 0.2) is 42.5 Å². The van der Waals surface area contributed by atoms with Crippen molar-refractivity contribution in [2.75, 3.05) is 31.1 Å². The molecule has 1 fully saturated rings. The van der Waals surface area contributed by atoms with Crippen molar-refractivity contribution >= 4 is 22.5 Å². The van der Waals surface area contributed by atoms with Crippen molar-refractivity contribution in [2.45, 2.75) is 19.3 Å². The minimum atomic E-state index is -0.246. The highest BCUT2D eigenvalue weighted by atomic mass is 19.1. The zero-order valence-electron chi connectivity index (χ0n) is 16.1. The molecule has 0 radical (unpaired) electrons. The van der Waals surface area contributed by atoms with E-state index >= 15 is 0 Å². The van der Waals surface area contributed by atoms with E-state index in [0.717, 1.165) is 53.8 Å². The average Bonchev–Trinajstić information content (AvgIpc) is 3.11. The Morgan fingerprint density at radius 3 is 2.45 bits per heavy atom. The Labute approximate surface area is 168 Å². The summed E-state index contributed by atoms with van der Waals surface area (Å²) in [6.45, 7) is 2.82. The van der Waals surface area contributed by atoms with Gasteiger partial charge in [0.25, 0.3) is 0 Å². The van der Waals surface area contributed by atoms with E-state index in [1.807, 2.05) is 4.90 Å². The molecular weight excluding hydrogens is 372 g/mol. The number of fused-ring (bicyclic) bond motifs is 3. The second kappa shape index (κ2) is 7.17.